The molecule has 1 unspecified atom stereocenters. The van der Waals surface area contributed by atoms with Crippen LogP contribution in [0.5, 0.6) is 5.75 Å². The van der Waals surface area contributed by atoms with E-state index in [-0.39, 0.29) is 31.2 Å². The minimum atomic E-state index is -1.06. The summed E-state index contributed by atoms with van der Waals surface area (Å²) >= 11 is 3.18. The minimum Gasteiger partial charge on any atom is -0.484 e. The molecule has 1 fully saturated rings. The van der Waals surface area contributed by atoms with Crippen molar-refractivity contribution >= 4 is 52.1 Å². The number of carbonyl (C=O) groups is 4. The van der Waals surface area contributed by atoms with Crippen LogP contribution >= 0.6 is 22.7 Å². The van der Waals surface area contributed by atoms with E-state index in [1.54, 1.807) is 40.9 Å². The number of hydrogen-bond acceptors (Lipinski definition) is 14. The van der Waals surface area contributed by atoms with Gasteiger partial charge in [-0.15, -0.1) is 32.9 Å². The smallest absolute Gasteiger partial charge is 0.308 e. The summed E-state index contributed by atoms with van der Waals surface area (Å²) in [6.07, 6.45) is -0.888. The molecule has 18 heteroatoms. The lowest BCUT2D eigenvalue weighted by molar-refractivity contribution is -0.144. The number of esters is 1. The van der Waals surface area contributed by atoms with Gasteiger partial charge in [-0.1, -0.05) is 69.3 Å². The zero-order chi connectivity index (χ0) is 50.2. The summed E-state index contributed by atoms with van der Waals surface area (Å²) in [6.45, 7) is 14.7. The van der Waals surface area contributed by atoms with Crippen LogP contribution in [-0.4, -0.2) is 97.6 Å². The maximum Gasteiger partial charge on any atom is 0.308 e. The van der Waals surface area contributed by atoms with E-state index in [9.17, 15) is 29.5 Å². The highest BCUT2D eigenvalue weighted by atomic mass is 32.1. The molecular weight excluding hydrogens is 927 g/mol. The molecule has 5 atom stereocenters. The fourth-order valence-corrected chi connectivity index (χ4v) is 10.9. The van der Waals surface area contributed by atoms with Crippen molar-refractivity contribution in [1.82, 2.24) is 35.3 Å². The number of benzene rings is 3. The zero-order valence-corrected chi connectivity index (χ0v) is 42.1. The van der Waals surface area contributed by atoms with E-state index in [1.807, 2.05) is 100 Å². The topological polar surface area (TPSA) is 214 Å². The Kier molecular flexibility index (Phi) is 14.2. The summed E-state index contributed by atoms with van der Waals surface area (Å²) in [6, 6.07) is 19.8. The molecule has 2 aliphatic heterocycles. The second kappa shape index (κ2) is 20.1. The number of nitrogens with one attached hydrogen (secondary N) is 2. The lowest BCUT2D eigenvalue weighted by atomic mass is 9.85. The Balaban J connectivity index is 0.935. The van der Waals surface area contributed by atoms with Crippen LogP contribution in [0.2, 0.25) is 0 Å². The number of fused-ring (bicyclic) bond motifs is 3. The van der Waals surface area contributed by atoms with Gasteiger partial charge in [0.05, 0.1) is 59.1 Å². The van der Waals surface area contributed by atoms with Gasteiger partial charge in [0.1, 0.15) is 34.7 Å². The Labute approximate surface area is 414 Å². The molecule has 8 rings (SSSR count). The number of methoxy groups -OCH3 is 1. The van der Waals surface area contributed by atoms with E-state index in [0.29, 0.717) is 28.5 Å². The van der Waals surface area contributed by atoms with Crippen LogP contribution in [0.15, 0.2) is 77.2 Å². The molecule has 0 saturated carbocycles. The highest BCUT2D eigenvalue weighted by molar-refractivity contribution is 7.15. The third-order valence-electron chi connectivity index (χ3n) is 12.8. The number of aliphatic hydroxyl groups is 1. The maximum atomic E-state index is 14.3. The van der Waals surface area contributed by atoms with Crippen molar-refractivity contribution in [1.29, 1.82) is 5.26 Å². The first-order valence-electron chi connectivity index (χ1n) is 22.9. The molecule has 3 aromatic heterocycles. The monoisotopic (exact) mass is 981 g/mol. The van der Waals surface area contributed by atoms with E-state index in [0.717, 1.165) is 53.8 Å². The van der Waals surface area contributed by atoms with Crippen molar-refractivity contribution in [2.24, 2.45) is 10.4 Å². The number of hydrogen-bond donors (Lipinski definition) is 3. The fraction of sp³-hybridized carbons (Fsp3) is 0.365. The number of nitriles is 1. The largest absolute Gasteiger partial charge is 0.484 e. The first-order valence-corrected chi connectivity index (χ1v) is 24.6. The van der Waals surface area contributed by atoms with Crippen molar-refractivity contribution in [3.8, 4) is 38.4 Å². The van der Waals surface area contributed by atoms with Crippen LogP contribution in [0.1, 0.15) is 103 Å². The van der Waals surface area contributed by atoms with Gasteiger partial charge in [0, 0.05) is 29.0 Å². The summed E-state index contributed by atoms with van der Waals surface area (Å²) in [5, 5.41) is 36.5. The molecule has 0 bridgehead atoms. The maximum absolute atomic E-state index is 14.3. The first-order chi connectivity index (χ1) is 33.4. The fourth-order valence-electron chi connectivity index (χ4n) is 8.90. The number of thiazole rings is 1. The van der Waals surface area contributed by atoms with Gasteiger partial charge in [-0.25, -0.2) is 4.98 Å². The Morgan fingerprint density at radius 2 is 1.66 bits per heavy atom. The third kappa shape index (κ3) is 10.0. The lowest BCUT2D eigenvalue weighted by Crippen LogP contribution is -2.58. The van der Waals surface area contributed by atoms with E-state index in [1.165, 1.54) is 12.0 Å². The molecular formula is C52H55N9O7S2. The summed E-state index contributed by atoms with van der Waals surface area (Å²) in [4.78, 5) is 67.2. The molecule has 3 N–H and O–H groups in total. The summed E-state index contributed by atoms with van der Waals surface area (Å²) < 4.78 is 12.9. The number of amides is 3. The van der Waals surface area contributed by atoms with Gasteiger partial charge < -0.3 is 30.1 Å². The van der Waals surface area contributed by atoms with Crippen molar-refractivity contribution in [3.63, 3.8) is 0 Å². The zero-order valence-electron chi connectivity index (χ0n) is 40.5. The molecule has 5 heterocycles. The molecule has 16 nitrogen and oxygen atoms in total. The predicted molar refractivity (Wildman–Crippen MR) is 267 cm³/mol. The Morgan fingerprint density at radius 1 is 0.957 bits per heavy atom. The molecule has 3 amide bonds. The van der Waals surface area contributed by atoms with E-state index in [2.05, 4.69) is 45.7 Å². The Morgan fingerprint density at radius 3 is 2.31 bits per heavy atom. The summed E-state index contributed by atoms with van der Waals surface area (Å²) in [5.74, 6) is -0.386. The molecule has 1 saturated heterocycles. The summed E-state index contributed by atoms with van der Waals surface area (Å²) in [7, 11) is 1.35. The van der Waals surface area contributed by atoms with Gasteiger partial charge >= 0.3 is 5.97 Å². The number of aromatic nitrogens is 4. The number of carbonyl (C=O) groups excluding carboxylic acids is 4. The van der Waals surface area contributed by atoms with Crippen LogP contribution in [-0.2, 0) is 23.9 Å². The normalized spacial score (nSPS) is 17.3. The predicted octanol–water partition coefficient (Wildman–Crippen LogP) is 7.43. The number of β-amino-alcohol motifs (C(OH)–C–C–N with tert-alkyl or cyclic N) is 1. The Bertz CT molecular complexity index is 3050. The number of nitrogens with zero attached hydrogens (tertiary/aromatic N) is 7. The number of aliphatic hydroxyl groups excluding tert-OH is 1. The van der Waals surface area contributed by atoms with Crippen LogP contribution in [0.25, 0.3) is 26.6 Å². The molecule has 6 aromatic rings. The quantitative estimate of drug-likeness (QED) is 0.0968. The van der Waals surface area contributed by atoms with Crippen LogP contribution in [0, 0.1) is 44.4 Å². The third-order valence-corrected chi connectivity index (χ3v) is 15.0. The number of aliphatic imine (C=N–C) groups is 1. The standard InChI is InChI=1S/C52H55N9O7S2/c1-27-30(4)70-51-44(27)45(56-40(22-43(64)67-9)48-59-58-31(5)61(48)51)34-14-12-33(13-15-34)39-19-18-38(20-36(39)23-53)68-25-42(63)57-47(52(6,7)8)50(66)60-24-37(62)21-41(60)49(65)55-28(2)32-10-16-35(17-11-32)46-29(3)54-26-69-46/h10-20,26,28,37,40-41,47,62H,21-22,24-25H2,1-9H3,(H,55,65)(H,57,63)/t28-,37+,40-,41-,47?/m0/s1. The van der Waals surface area contributed by atoms with Crippen LogP contribution in [0.4, 0.5) is 0 Å². The van der Waals surface area contributed by atoms with Crippen LogP contribution < -0.4 is 15.4 Å². The van der Waals surface area contributed by atoms with Gasteiger partial charge in [-0.3, -0.25) is 28.7 Å². The van der Waals surface area contributed by atoms with Crippen molar-refractivity contribution in [3.05, 3.63) is 122 Å². The molecule has 0 aliphatic carbocycles. The highest BCUT2D eigenvalue weighted by Gasteiger charge is 2.45. The van der Waals surface area contributed by atoms with E-state index >= 15 is 0 Å². The van der Waals surface area contributed by atoms with E-state index in [4.69, 9.17) is 14.5 Å². The minimum absolute atomic E-state index is 0.0175. The second-order valence-electron chi connectivity index (χ2n) is 18.7. The van der Waals surface area contributed by atoms with Gasteiger partial charge in [0.25, 0.3) is 5.91 Å². The molecule has 0 radical (unpaired) electrons. The van der Waals surface area contributed by atoms with Crippen molar-refractivity contribution in [2.75, 3.05) is 20.3 Å². The Hall–Kier alpha value is -7.07. The molecule has 3 aromatic carbocycles. The molecule has 0 spiro atoms. The molecule has 362 valence electrons. The highest BCUT2D eigenvalue weighted by Crippen LogP contribution is 2.40. The number of thiophene rings is 1. The average molecular weight is 982 g/mol. The van der Waals surface area contributed by atoms with Gasteiger partial charge in [0.15, 0.2) is 12.4 Å². The summed E-state index contributed by atoms with van der Waals surface area (Å²) in [5.41, 5.74) is 9.10. The van der Waals surface area contributed by atoms with Crippen molar-refractivity contribution in [2.45, 2.75) is 98.5 Å². The number of aryl methyl sites for hydroxylation is 3. The second-order valence-corrected chi connectivity index (χ2v) is 20.8. The van der Waals surface area contributed by atoms with Gasteiger partial charge in [-0.05, 0) is 86.1 Å². The average Bonchev–Trinajstić information content (AvgIpc) is 4.11. The SMILES string of the molecule is COC(=O)C[C@@H]1N=C(c2ccc(-c3ccc(OCC(=O)NC(C(=O)N4C[C@H](O)C[C@H]4C(=O)N[C@@H](C)c4ccc(-c5scnc5C)cc4)C(C)(C)C)cc3C#N)cc2)c2c(sc(C)c2C)-n2c(C)nnc21. The molecule has 70 heavy (non-hydrogen) atoms. The van der Waals surface area contributed by atoms with Gasteiger partial charge in [0.2, 0.25) is 11.8 Å². The number of rotatable bonds is 13. The molecule has 2 aliphatic rings. The van der Waals surface area contributed by atoms with Gasteiger partial charge in [-0.2, -0.15) is 5.26 Å². The van der Waals surface area contributed by atoms with E-state index < -0.39 is 59.9 Å². The number of likely N-dealkylation sites (tertiary alicyclic amines) is 1. The number of ether oxygens (including phenoxy) is 2. The van der Waals surface area contributed by atoms with Crippen molar-refractivity contribution < 1.29 is 33.8 Å². The first kappa shape index (κ1) is 49.4. The van der Waals surface area contributed by atoms with Crippen LogP contribution in [0.3, 0.4) is 0 Å². The lowest BCUT2D eigenvalue weighted by Gasteiger charge is -2.35.